The lowest BCUT2D eigenvalue weighted by molar-refractivity contribution is 0.411. The van der Waals surface area contributed by atoms with Gasteiger partial charge in [0, 0.05) is 5.41 Å². The predicted molar refractivity (Wildman–Crippen MR) is 105 cm³/mol. The Morgan fingerprint density at radius 1 is 0.680 bits per heavy atom. The second-order valence-corrected chi connectivity index (χ2v) is 6.92. The SMILES string of the molecule is COc1ccc(C(c2ccccc2)(c2ccc(C)cc2)C(C)C)cc1. The Hall–Kier alpha value is -2.54. The molecule has 25 heavy (non-hydrogen) atoms. The van der Waals surface area contributed by atoms with Crippen LogP contribution in [0.3, 0.4) is 0 Å². The molecule has 0 bridgehead atoms. The van der Waals surface area contributed by atoms with Crippen molar-refractivity contribution in [2.75, 3.05) is 7.11 Å². The summed E-state index contributed by atoms with van der Waals surface area (Å²) < 4.78 is 5.37. The van der Waals surface area contributed by atoms with Gasteiger partial charge in [-0.15, -0.1) is 0 Å². The van der Waals surface area contributed by atoms with Crippen molar-refractivity contribution in [2.24, 2.45) is 5.92 Å². The topological polar surface area (TPSA) is 9.23 Å². The molecule has 0 heterocycles. The first-order valence-corrected chi connectivity index (χ1v) is 8.86. The van der Waals surface area contributed by atoms with Crippen molar-refractivity contribution in [3.05, 3.63) is 101 Å². The summed E-state index contributed by atoms with van der Waals surface area (Å²) >= 11 is 0. The smallest absolute Gasteiger partial charge is 0.118 e. The molecule has 0 aliphatic rings. The summed E-state index contributed by atoms with van der Waals surface area (Å²) in [6.07, 6.45) is 0. The van der Waals surface area contributed by atoms with Gasteiger partial charge in [-0.25, -0.2) is 0 Å². The Morgan fingerprint density at radius 2 is 1.16 bits per heavy atom. The molecule has 0 spiro atoms. The Balaban J connectivity index is 2.30. The minimum Gasteiger partial charge on any atom is -0.497 e. The van der Waals surface area contributed by atoms with Crippen molar-refractivity contribution < 1.29 is 4.74 Å². The Morgan fingerprint density at radius 3 is 1.64 bits per heavy atom. The van der Waals surface area contributed by atoms with Crippen LogP contribution in [0.1, 0.15) is 36.1 Å². The molecule has 0 saturated heterocycles. The zero-order valence-electron chi connectivity index (χ0n) is 15.5. The lowest BCUT2D eigenvalue weighted by Gasteiger charge is -2.40. The van der Waals surface area contributed by atoms with Gasteiger partial charge in [-0.05, 0) is 41.7 Å². The highest BCUT2D eigenvalue weighted by Gasteiger charge is 2.39. The highest BCUT2D eigenvalue weighted by Crippen LogP contribution is 2.45. The average molecular weight is 330 g/mol. The van der Waals surface area contributed by atoms with Gasteiger partial charge in [0.05, 0.1) is 7.11 Å². The lowest BCUT2D eigenvalue weighted by atomic mass is 9.63. The molecule has 3 aromatic carbocycles. The van der Waals surface area contributed by atoms with Crippen LogP contribution >= 0.6 is 0 Å². The van der Waals surface area contributed by atoms with Crippen molar-refractivity contribution in [1.82, 2.24) is 0 Å². The third kappa shape index (κ3) is 3.07. The van der Waals surface area contributed by atoms with Crippen molar-refractivity contribution >= 4 is 0 Å². The molecule has 1 heteroatoms. The van der Waals surface area contributed by atoms with Gasteiger partial charge in [0.1, 0.15) is 5.75 Å². The number of benzene rings is 3. The molecule has 0 saturated carbocycles. The molecule has 128 valence electrons. The molecule has 1 unspecified atom stereocenters. The van der Waals surface area contributed by atoms with Crippen molar-refractivity contribution in [2.45, 2.75) is 26.2 Å². The Kier molecular flexibility index (Phi) is 4.94. The molecule has 0 aliphatic carbocycles. The number of methoxy groups -OCH3 is 1. The van der Waals surface area contributed by atoms with Crippen LogP contribution in [0.15, 0.2) is 78.9 Å². The van der Waals surface area contributed by atoms with Gasteiger partial charge in [-0.1, -0.05) is 86.1 Å². The first kappa shape index (κ1) is 17.3. The van der Waals surface area contributed by atoms with Crippen LogP contribution in [0.5, 0.6) is 5.75 Å². The molecule has 0 aliphatic heterocycles. The number of ether oxygens (including phenoxy) is 1. The molecule has 0 aromatic heterocycles. The van der Waals surface area contributed by atoms with Crippen LogP contribution in [-0.4, -0.2) is 7.11 Å². The van der Waals surface area contributed by atoms with Crippen LogP contribution in [0, 0.1) is 12.8 Å². The van der Waals surface area contributed by atoms with E-state index in [-0.39, 0.29) is 5.41 Å². The van der Waals surface area contributed by atoms with Crippen LogP contribution in [0.4, 0.5) is 0 Å². The van der Waals surface area contributed by atoms with Crippen LogP contribution in [0.2, 0.25) is 0 Å². The summed E-state index contributed by atoms with van der Waals surface area (Å²) in [5, 5.41) is 0. The molecule has 3 rings (SSSR count). The van der Waals surface area contributed by atoms with E-state index < -0.39 is 0 Å². The highest BCUT2D eigenvalue weighted by atomic mass is 16.5. The maximum atomic E-state index is 5.37. The van der Waals surface area contributed by atoms with E-state index in [4.69, 9.17) is 4.74 Å². The molecule has 0 amide bonds. The number of rotatable bonds is 5. The Labute approximate surface area is 151 Å². The van der Waals surface area contributed by atoms with E-state index in [1.807, 2.05) is 0 Å². The molecule has 0 fully saturated rings. The van der Waals surface area contributed by atoms with Crippen molar-refractivity contribution in [3.63, 3.8) is 0 Å². The van der Waals surface area contributed by atoms with Gasteiger partial charge in [-0.3, -0.25) is 0 Å². The quantitative estimate of drug-likeness (QED) is 0.522. The van der Waals surface area contributed by atoms with Crippen molar-refractivity contribution in [3.8, 4) is 5.75 Å². The fourth-order valence-corrected chi connectivity index (χ4v) is 3.87. The molecular weight excluding hydrogens is 304 g/mol. The minimum atomic E-state index is -0.193. The predicted octanol–water partition coefficient (Wildman–Crippen LogP) is 5.99. The third-order valence-electron chi connectivity index (χ3n) is 5.15. The van der Waals surface area contributed by atoms with E-state index in [0.717, 1.165) is 5.75 Å². The van der Waals surface area contributed by atoms with Gasteiger partial charge in [0.25, 0.3) is 0 Å². The summed E-state index contributed by atoms with van der Waals surface area (Å²) in [6.45, 7) is 6.74. The zero-order valence-corrected chi connectivity index (χ0v) is 15.5. The molecular formula is C24H26O. The van der Waals surface area contributed by atoms with E-state index in [0.29, 0.717) is 5.92 Å². The summed E-state index contributed by atoms with van der Waals surface area (Å²) in [7, 11) is 1.71. The van der Waals surface area contributed by atoms with Gasteiger partial charge >= 0.3 is 0 Å². The first-order chi connectivity index (χ1) is 12.1. The maximum Gasteiger partial charge on any atom is 0.118 e. The van der Waals surface area contributed by atoms with E-state index >= 15 is 0 Å². The molecule has 0 radical (unpaired) electrons. The second-order valence-electron chi connectivity index (χ2n) is 6.92. The van der Waals surface area contributed by atoms with Gasteiger partial charge in [0.2, 0.25) is 0 Å². The fourth-order valence-electron chi connectivity index (χ4n) is 3.87. The largest absolute Gasteiger partial charge is 0.497 e. The minimum absolute atomic E-state index is 0.193. The van der Waals surface area contributed by atoms with E-state index in [2.05, 4.69) is 99.6 Å². The first-order valence-electron chi connectivity index (χ1n) is 8.86. The van der Waals surface area contributed by atoms with Crippen LogP contribution in [-0.2, 0) is 5.41 Å². The van der Waals surface area contributed by atoms with Crippen LogP contribution < -0.4 is 4.74 Å². The monoisotopic (exact) mass is 330 g/mol. The normalized spacial score (nSPS) is 13.5. The highest BCUT2D eigenvalue weighted by molar-refractivity contribution is 5.52. The summed E-state index contributed by atoms with van der Waals surface area (Å²) in [6, 6.07) is 28.3. The van der Waals surface area contributed by atoms with Gasteiger partial charge in [0.15, 0.2) is 0 Å². The zero-order chi connectivity index (χ0) is 17.9. The molecule has 1 atom stereocenters. The standard InChI is InChI=1S/C24H26O/c1-18(2)24(20-8-6-5-7-9-20,21-12-10-19(3)11-13-21)22-14-16-23(25-4)17-15-22/h5-18H,1-4H3. The number of hydrogen-bond donors (Lipinski definition) is 0. The second kappa shape index (κ2) is 7.14. The van der Waals surface area contributed by atoms with E-state index in [1.165, 1.54) is 22.3 Å². The average Bonchev–Trinajstić information content (AvgIpc) is 2.65. The number of aryl methyl sites for hydroxylation is 1. The van der Waals surface area contributed by atoms with Gasteiger partial charge < -0.3 is 4.74 Å². The third-order valence-corrected chi connectivity index (χ3v) is 5.15. The molecule has 1 nitrogen and oxygen atoms in total. The van der Waals surface area contributed by atoms with Gasteiger partial charge in [-0.2, -0.15) is 0 Å². The molecule has 3 aromatic rings. The summed E-state index contributed by atoms with van der Waals surface area (Å²) in [5.41, 5.74) is 5.02. The van der Waals surface area contributed by atoms with Crippen LogP contribution in [0.25, 0.3) is 0 Å². The van der Waals surface area contributed by atoms with E-state index in [1.54, 1.807) is 7.11 Å². The fraction of sp³-hybridized carbons (Fsp3) is 0.250. The Bertz CT molecular complexity index is 801. The van der Waals surface area contributed by atoms with E-state index in [9.17, 15) is 0 Å². The number of hydrogen-bond acceptors (Lipinski definition) is 1. The van der Waals surface area contributed by atoms with Crippen molar-refractivity contribution in [1.29, 1.82) is 0 Å². The maximum absolute atomic E-state index is 5.37. The lowest BCUT2D eigenvalue weighted by Crippen LogP contribution is -2.35. The summed E-state index contributed by atoms with van der Waals surface area (Å²) in [4.78, 5) is 0. The summed E-state index contributed by atoms with van der Waals surface area (Å²) in [5.74, 6) is 1.28. The molecule has 0 N–H and O–H groups in total.